The van der Waals surface area contributed by atoms with Crippen LogP contribution in [0.1, 0.15) is 29.3 Å². The van der Waals surface area contributed by atoms with Gasteiger partial charge in [0, 0.05) is 23.8 Å². The number of hydrogen-bond acceptors (Lipinski definition) is 3. The van der Waals surface area contributed by atoms with Crippen molar-refractivity contribution in [3.63, 3.8) is 0 Å². The third-order valence-electron chi connectivity index (χ3n) is 5.83. The average molecular weight is 412 g/mol. The molecular weight excluding hydrogens is 392 g/mol. The van der Waals surface area contributed by atoms with Crippen LogP contribution in [-0.2, 0) is 0 Å². The Morgan fingerprint density at radius 1 is 0.774 bits per heavy atom. The van der Waals surface area contributed by atoms with Crippen molar-refractivity contribution in [1.82, 2.24) is 15.2 Å². The van der Waals surface area contributed by atoms with Gasteiger partial charge in [0.2, 0.25) is 0 Å². The van der Waals surface area contributed by atoms with E-state index >= 15 is 0 Å². The van der Waals surface area contributed by atoms with Crippen LogP contribution >= 0.6 is 0 Å². The van der Waals surface area contributed by atoms with Gasteiger partial charge in [-0.15, -0.1) is 0 Å². The molecule has 0 aliphatic carbocycles. The SMILES string of the molecule is O=C1NC(c2ccccc2)C(n2ccc3ccccc32)C(c2ccc([N+](=O)[O-])cc2)N1. The predicted octanol–water partition coefficient (Wildman–Crippen LogP) is 4.89. The highest BCUT2D eigenvalue weighted by molar-refractivity contribution is 5.81. The van der Waals surface area contributed by atoms with Crippen molar-refractivity contribution in [1.29, 1.82) is 0 Å². The van der Waals surface area contributed by atoms with Crippen molar-refractivity contribution in [3.8, 4) is 0 Å². The van der Waals surface area contributed by atoms with Crippen molar-refractivity contribution >= 4 is 22.6 Å². The summed E-state index contributed by atoms with van der Waals surface area (Å²) in [6, 6.07) is 25.3. The maximum atomic E-state index is 12.6. The summed E-state index contributed by atoms with van der Waals surface area (Å²) in [4.78, 5) is 23.3. The molecule has 0 bridgehead atoms. The largest absolute Gasteiger partial charge is 0.340 e. The molecule has 5 rings (SSSR count). The van der Waals surface area contributed by atoms with Crippen molar-refractivity contribution in [3.05, 3.63) is 112 Å². The quantitative estimate of drug-likeness (QED) is 0.370. The first-order valence-electron chi connectivity index (χ1n) is 10.0. The average Bonchev–Trinajstić information content (AvgIpc) is 3.23. The number of benzene rings is 3. The number of nitro benzene ring substituents is 1. The fraction of sp³-hybridized carbons (Fsp3) is 0.125. The molecule has 31 heavy (non-hydrogen) atoms. The minimum atomic E-state index is -0.422. The molecule has 0 spiro atoms. The van der Waals surface area contributed by atoms with E-state index in [-0.39, 0.29) is 29.8 Å². The molecule has 2 amide bonds. The number of non-ortho nitro benzene ring substituents is 1. The number of aromatic nitrogens is 1. The molecule has 0 radical (unpaired) electrons. The van der Waals surface area contributed by atoms with E-state index in [2.05, 4.69) is 33.4 Å². The molecule has 3 unspecified atom stereocenters. The lowest BCUT2D eigenvalue weighted by Gasteiger charge is -2.41. The molecule has 2 N–H and O–H groups in total. The molecular formula is C24H20N4O3. The van der Waals surface area contributed by atoms with Crippen molar-refractivity contribution < 1.29 is 9.72 Å². The number of nitrogens with one attached hydrogen (secondary N) is 2. The van der Waals surface area contributed by atoms with Gasteiger partial charge < -0.3 is 15.2 Å². The smallest absolute Gasteiger partial charge is 0.315 e. The zero-order valence-electron chi connectivity index (χ0n) is 16.5. The van der Waals surface area contributed by atoms with Gasteiger partial charge in [0.15, 0.2) is 0 Å². The molecule has 3 atom stereocenters. The van der Waals surface area contributed by atoms with E-state index in [4.69, 9.17) is 0 Å². The van der Waals surface area contributed by atoms with E-state index < -0.39 is 4.92 Å². The van der Waals surface area contributed by atoms with Gasteiger partial charge in [-0.2, -0.15) is 0 Å². The predicted molar refractivity (Wildman–Crippen MR) is 118 cm³/mol. The zero-order valence-corrected chi connectivity index (χ0v) is 16.5. The summed E-state index contributed by atoms with van der Waals surface area (Å²) in [7, 11) is 0. The van der Waals surface area contributed by atoms with Crippen molar-refractivity contribution in [2.24, 2.45) is 0 Å². The van der Waals surface area contributed by atoms with Gasteiger partial charge in [-0.3, -0.25) is 10.1 Å². The number of carbonyl (C=O) groups excluding carboxylic acids is 1. The second-order valence-corrected chi connectivity index (χ2v) is 7.60. The molecule has 3 aromatic carbocycles. The van der Waals surface area contributed by atoms with Gasteiger partial charge in [0.1, 0.15) is 0 Å². The molecule has 1 aliphatic heterocycles. The first kappa shape index (κ1) is 18.9. The number of hydrogen-bond donors (Lipinski definition) is 2. The maximum absolute atomic E-state index is 12.6. The Morgan fingerprint density at radius 3 is 2.06 bits per heavy atom. The van der Waals surface area contributed by atoms with Crippen LogP contribution in [-0.4, -0.2) is 15.5 Å². The molecule has 7 heteroatoms. The number of amides is 2. The number of rotatable bonds is 4. The van der Waals surface area contributed by atoms with Gasteiger partial charge in [0.05, 0.1) is 23.0 Å². The number of carbonyl (C=O) groups is 1. The summed E-state index contributed by atoms with van der Waals surface area (Å²) in [5.74, 6) is 0. The summed E-state index contributed by atoms with van der Waals surface area (Å²) in [6.45, 7) is 0. The molecule has 1 fully saturated rings. The Bertz CT molecular complexity index is 1250. The Labute approximate surface area is 178 Å². The fourth-order valence-electron chi connectivity index (χ4n) is 4.40. The van der Waals surface area contributed by atoms with Crippen LogP contribution in [0, 0.1) is 10.1 Å². The van der Waals surface area contributed by atoms with Crippen LogP contribution in [0.15, 0.2) is 91.1 Å². The van der Waals surface area contributed by atoms with E-state index in [1.807, 2.05) is 48.7 Å². The first-order chi connectivity index (χ1) is 15.1. The molecule has 2 heterocycles. The number of nitrogens with zero attached hydrogens (tertiary/aromatic N) is 2. The van der Waals surface area contributed by atoms with Crippen LogP contribution in [0.2, 0.25) is 0 Å². The molecule has 1 aromatic heterocycles. The zero-order chi connectivity index (χ0) is 21.4. The monoisotopic (exact) mass is 412 g/mol. The topological polar surface area (TPSA) is 89.2 Å². The Hall–Kier alpha value is -4.13. The van der Waals surface area contributed by atoms with Crippen LogP contribution < -0.4 is 10.6 Å². The van der Waals surface area contributed by atoms with Crippen LogP contribution in [0.5, 0.6) is 0 Å². The number of fused-ring (bicyclic) bond motifs is 1. The van der Waals surface area contributed by atoms with Gasteiger partial charge >= 0.3 is 6.03 Å². The lowest BCUT2D eigenvalue weighted by molar-refractivity contribution is -0.384. The third-order valence-corrected chi connectivity index (χ3v) is 5.83. The Balaban J connectivity index is 1.67. The molecule has 0 saturated carbocycles. The van der Waals surface area contributed by atoms with E-state index in [1.54, 1.807) is 12.1 Å². The number of para-hydroxylation sites is 1. The number of urea groups is 1. The fourth-order valence-corrected chi connectivity index (χ4v) is 4.40. The molecule has 1 aliphatic rings. The van der Waals surface area contributed by atoms with Gasteiger partial charge in [-0.1, -0.05) is 60.7 Å². The highest BCUT2D eigenvalue weighted by Gasteiger charge is 2.39. The Kier molecular flexibility index (Phi) is 4.63. The van der Waals surface area contributed by atoms with E-state index in [9.17, 15) is 14.9 Å². The molecule has 4 aromatic rings. The lowest BCUT2D eigenvalue weighted by Crippen LogP contribution is -2.52. The van der Waals surface area contributed by atoms with Crippen molar-refractivity contribution in [2.75, 3.05) is 0 Å². The van der Waals surface area contributed by atoms with Gasteiger partial charge in [0.25, 0.3) is 5.69 Å². The second-order valence-electron chi connectivity index (χ2n) is 7.60. The van der Waals surface area contributed by atoms with E-state index in [0.29, 0.717) is 0 Å². The van der Waals surface area contributed by atoms with Crippen LogP contribution in [0.4, 0.5) is 10.5 Å². The Morgan fingerprint density at radius 2 is 1.39 bits per heavy atom. The highest BCUT2D eigenvalue weighted by atomic mass is 16.6. The normalized spacial score (nSPS) is 20.8. The summed E-state index contributed by atoms with van der Waals surface area (Å²) in [6.07, 6.45) is 2.03. The molecule has 1 saturated heterocycles. The second kappa shape index (κ2) is 7.60. The van der Waals surface area contributed by atoms with Crippen LogP contribution in [0.25, 0.3) is 10.9 Å². The standard InChI is InChI=1S/C24H20N4O3/c29-24-25-21(17-7-2-1-3-8-17)23(27-15-14-16-6-4-5-9-20(16)27)22(26-24)18-10-12-19(13-11-18)28(30)31/h1-15,21-23H,(H2,25,26,29). The maximum Gasteiger partial charge on any atom is 0.315 e. The minimum absolute atomic E-state index is 0.0200. The minimum Gasteiger partial charge on any atom is -0.340 e. The molecule has 7 nitrogen and oxygen atoms in total. The third kappa shape index (κ3) is 3.40. The summed E-state index contributed by atoms with van der Waals surface area (Å²) in [5.41, 5.74) is 2.88. The van der Waals surface area contributed by atoms with Gasteiger partial charge in [-0.25, -0.2) is 4.79 Å². The highest BCUT2D eigenvalue weighted by Crippen LogP contribution is 2.41. The van der Waals surface area contributed by atoms with Gasteiger partial charge in [-0.05, 0) is 28.6 Å². The van der Waals surface area contributed by atoms with E-state index in [0.717, 1.165) is 22.0 Å². The summed E-state index contributed by atoms with van der Waals surface area (Å²) < 4.78 is 2.17. The summed E-state index contributed by atoms with van der Waals surface area (Å²) in [5, 5.41) is 18.3. The van der Waals surface area contributed by atoms with E-state index in [1.165, 1.54) is 12.1 Å². The molecule has 154 valence electrons. The number of nitro groups is 1. The van der Waals surface area contributed by atoms with Crippen LogP contribution in [0.3, 0.4) is 0 Å². The first-order valence-corrected chi connectivity index (χ1v) is 10.0. The summed E-state index contributed by atoms with van der Waals surface area (Å²) >= 11 is 0. The van der Waals surface area contributed by atoms with Crippen molar-refractivity contribution in [2.45, 2.75) is 18.1 Å². The lowest BCUT2D eigenvalue weighted by atomic mass is 9.87.